The number of nitrogens with one attached hydrogen (secondary N) is 1. The number of carbonyl (C=O) groups is 1. The van der Waals surface area contributed by atoms with Crippen molar-refractivity contribution < 1.29 is 4.79 Å². The molecule has 0 atom stereocenters. The molecule has 0 saturated heterocycles. The van der Waals surface area contributed by atoms with E-state index in [1.165, 1.54) is 11.3 Å². The van der Waals surface area contributed by atoms with E-state index in [0.29, 0.717) is 17.0 Å². The fourth-order valence-corrected chi connectivity index (χ4v) is 3.45. The third kappa shape index (κ3) is 2.73. The van der Waals surface area contributed by atoms with Gasteiger partial charge >= 0.3 is 0 Å². The van der Waals surface area contributed by atoms with E-state index in [4.69, 9.17) is 0 Å². The predicted octanol–water partition coefficient (Wildman–Crippen LogP) is 2.84. The van der Waals surface area contributed by atoms with Crippen LogP contribution in [0.1, 0.15) is 16.2 Å². The van der Waals surface area contributed by atoms with Gasteiger partial charge in [-0.2, -0.15) is 32.3 Å². The lowest BCUT2D eigenvalue weighted by Gasteiger charge is -2.03. The summed E-state index contributed by atoms with van der Waals surface area (Å²) in [6.07, 6.45) is 0. The van der Waals surface area contributed by atoms with Crippen LogP contribution in [0.3, 0.4) is 0 Å². The van der Waals surface area contributed by atoms with Crippen LogP contribution in [0.5, 0.6) is 0 Å². The third-order valence-electron chi connectivity index (χ3n) is 3.33. The quantitative estimate of drug-likeness (QED) is 0.619. The molecule has 8 heteroatoms. The molecular formula is C15H11N5OS2. The van der Waals surface area contributed by atoms with Crippen molar-refractivity contribution in [2.24, 2.45) is 0 Å². The van der Waals surface area contributed by atoms with E-state index in [1.54, 1.807) is 21.9 Å². The molecular weight excluding hydrogens is 330 g/mol. The van der Waals surface area contributed by atoms with E-state index in [1.807, 2.05) is 39.7 Å². The minimum absolute atomic E-state index is 0.128. The van der Waals surface area contributed by atoms with Gasteiger partial charge in [-0.3, -0.25) is 4.79 Å². The molecule has 0 bridgehead atoms. The largest absolute Gasteiger partial charge is 0.345 e. The maximum Gasteiger partial charge on any atom is 0.252 e. The molecule has 4 aromatic rings. The van der Waals surface area contributed by atoms with Crippen LogP contribution >= 0.6 is 22.7 Å². The fourth-order valence-electron chi connectivity index (χ4n) is 2.16. The van der Waals surface area contributed by atoms with E-state index in [-0.39, 0.29) is 12.5 Å². The molecule has 23 heavy (non-hydrogen) atoms. The van der Waals surface area contributed by atoms with Crippen molar-refractivity contribution in [3.63, 3.8) is 0 Å². The summed E-state index contributed by atoms with van der Waals surface area (Å²) in [5.41, 5.74) is 3.21. The maximum absolute atomic E-state index is 12.0. The fraction of sp³-hybridized carbons (Fsp3) is 0.0667. The molecule has 0 saturated carbocycles. The molecule has 6 nitrogen and oxygen atoms in total. The molecule has 4 aromatic heterocycles. The Hall–Kier alpha value is -2.58. The zero-order valence-corrected chi connectivity index (χ0v) is 13.5. The lowest BCUT2D eigenvalue weighted by atomic mass is 10.2. The average Bonchev–Trinajstić information content (AvgIpc) is 3.33. The number of aromatic nitrogens is 4. The Morgan fingerprint density at radius 1 is 1.09 bits per heavy atom. The van der Waals surface area contributed by atoms with Crippen LogP contribution in [0, 0.1) is 0 Å². The van der Waals surface area contributed by atoms with Crippen LogP contribution in [-0.4, -0.2) is 25.7 Å². The summed E-state index contributed by atoms with van der Waals surface area (Å²) in [7, 11) is 0. The zero-order valence-electron chi connectivity index (χ0n) is 11.8. The molecule has 0 aliphatic heterocycles. The molecule has 1 amide bonds. The Balaban J connectivity index is 1.60. The molecule has 0 aliphatic carbocycles. The van der Waals surface area contributed by atoms with E-state index >= 15 is 0 Å². The summed E-state index contributed by atoms with van der Waals surface area (Å²) >= 11 is 3.11. The van der Waals surface area contributed by atoms with E-state index in [9.17, 15) is 4.79 Å². The van der Waals surface area contributed by atoms with Crippen LogP contribution in [-0.2, 0) is 6.54 Å². The molecule has 0 radical (unpaired) electrons. The summed E-state index contributed by atoms with van der Waals surface area (Å²) in [5, 5.41) is 23.3. The minimum Gasteiger partial charge on any atom is -0.345 e. The topological polar surface area (TPSA) is 72.2 Å². The second-order valence-corrected chi connectivity index (χ2v) is 6.37. The highest BCUT2D eigenvalue weighted by atomic mass is 32.1. The second kappa shape index (κ2) is 5.90. The van der Waals surface area contributed by atoms with Crippen molar-refractivity contribution in [1.29, 1.82) is 0 Å². The Bertz CT molecular complexity index is 944. The number of hydrogen-bond acceptors (Lipinski definition) is 6. The molecule has 0 spiro atoms. The molecule has 0 aliphatic rings. The molecule has 4 heterocycles. The molecule has 114 valence electrons. The number of rotatable bonds is 4. The number of amides is 1. The summed E-state index contributed by atoms with van der Waals surface area (Å²) in [6.45, 7) is 0.274. The van der Waals surface area contributed by atoms with Gasteiger partial charge < -0.3 is 5.32 Å². The molecule has 0 unspecified atom stereocenters. The Kier molecular flexibility index (Phi) is 3.60. The van der Waals surface area contributed by atoms with Crippen molar-refractivity contribution in [2.75, 3.05) is 0 Å². The Labute approximate surface area is 139 Å². The van der Waals surface area contributed by atoms with Gasteiger partial charge in [0.05, 0.1) is 12.2 Å². The monoisotopic (exact) mass is 341 g/mol. The summed E-state index contributed by atoms with van der Waals surface area (Å²) in [6, 6.07) is 7.59. The van der Waals surface area contributed by atoms with Crippen molar-refractivity contribution in [1.82, 2.24) is 25.1 Å². The van der Waals surface area contributed by atoms with Gasteiger partial charge in [0.15, 0.2) is 11.5 Å². The van der Waals surface area contributed by atoms with Gasteiger partial charge in [-0.05, 0) is 35.0 Å². The van der Waals surface area contributed by atoms with Crippen LogP contribution < -0.4 is 5.32 Å². The first-order valence-corrected chi connectivity index (χ1v) is 8.74. The number of fused-ring (bicyclic) bond motifs is 1. The van der Waals surface area contributed by atoms with E-state index in [2.05, 4.69) is 20.6 Å². The molecule has 4 rings (SSSR count). The van der Waals surface area contributed by atoms with Gasteiger partial charge in [0.1, 0.15) is 0 Å². The summed E-state index contributed by atoms with van der Waals surface area (Å²) < 4.78 is 1.67. The highest BCUT2D eigenvalue weighted by Crippen LogP contribution is 2.20. The summed E-state index contributed by atoms with van der Waals surface area (Å²) in [5.74, 6) is 0.470. The number of hydrogen-bond donors (Lipinski definition) is 1. The smallest absolute Gasteiger partial charge is 0.252 e. The lowest BCUT2D eigenvalue weighted by molar-refractivity contribution is 0.0950. The number of thiophene rings is 2. The van der Waals surface area contributed by atoms with Crippen LogP contribution in [0.2, 0.25) is 0 Å². The minimum atomic E-state index is -0.128. The van der Waals surface area contributed by atoms with Gasteiger partial charge in [0.25, 0.3) is 5.91 Å². The van der Waals surface area contributed by atoms with Gasteiger partial charge in [-0.25, -0.2) is 0 Å². The molecule has 0 aromatic carbocycles. The van der Waals surface area contributed by atoms with E-state index < -0.39 is 0 Å². The zero-order chi connectivity index (χ0) is 15.6. The third-order valence-corrected chi connectivity index (χ3v) is 4.70. The van der Waals surface area contributed by atoms with Gasteiger partial charge in [-0.1, -0.05) is 0 Å². The molecule has 1 N–H and O–H groups in total. The van der Waals surface area contributed by atoms with Crippen molar-refractivity contribution in [3.8, 4) is 11.3 Å². The SMILES string of the molecule is O=C(NCc1nnc2ccc(-c3ccsc3)nn12)c1ccsc1. The first-order valence-electron chi connectivity index (χ1n) is 6.85. The number of carbonyl (C=O) groups excluding carboxylic acids is 1. The van der Waals surface area contributed by atoms with Crippen molar-refractivity contribution in [3.05, 3.63) is 57.2 Å². The van der Waals surface area contributed by atoms with Crippen LogP contribution in [0.25, 0.3) is 16.9 Å². The standard InChI is InChI=1S/C15H11N5OS2/c21-15(11-4-6-23-9-11)16-7-14-18-17-13-2-1-12(19-20(13)14)10-3-5-22-8-10/h1-6,8-9H,7H2,(H,16,21). The highest BCUT2D eigenvalue weighted by Gasteiger charge is 2.11. The van der Waals surface area contributed by atoms with Gasteiger partial charge in [0, 0.05) is 21.9 Å². The second-order valence-electron chi connectivity index (χ2n) is 4.81. The van der Waals surface area contributed by atoms with Crippen molar-refractivity contribution >= 4 is 34.2 Å². The Morgan fingerprint density at radius 2 is 1.96 bits per heavy atom. The Morgan fingerprint density at radius 3 is 2.74 bits per heavy atom. The van der Waals surface area contributed by atoms with Crippen LogP contribution in [0.4, 0.5) is 0 Å². The first-order chi connectivity index (χ1) is 11.3. The predicted molar refractivity (Wildman–Crippen MR) is 89.6 cm³/mol. The van der Waals surface area contributed by atoms with Gasteiger partial charge in [-0.15, -0.1) is 10.2 Å². The lowest BCUT2D eigenvalue weighted by Crippen LogP contribution is -2.23. The highest BCUT2D eigenvalue weighted by molar-refractivity contribution is 7.08. The van der Waals surface area contributed by atoms with Crippen LogP contribution in [0.15, 0.2) is 45.8 Å². The molecule has 0 fully saturated rings. The number of nitrogens with zero attached hydrogens (tertiary/aromatic N) is 4. The van der Waals surface area contributed by atoms with Gasteiger partial charge in [0.2, 0.25) is 0 Å². The normalized spacial score (nSPS) is 11.0. The average molecular weight is 341 g/mol. The van der Waals surface area contributed by atoms with Crippen molar-refractivity contribution in [2.45, 2.75) is 6.54 Å². The van der Waals surface area contributed by atoms with E-state index in [0.717, 1.165) is 11.3 Å². The first kappa shape index (κ1) is 14.0. The summed E-state index contributed by atoms with van der Waals surface area (Å²) in [4.78, 5) is 12.0. The maximum atomic E-state index is 12.0.